The predicted octanol–water partition coefficient (Wildman–Crippen LogP) is 1.76. The standard InChI is InChI=1S/C12H7Br5/c1-7-8(2-13)10(4-15)12(6-17)11(5-16)9(7)3-14/h2-6H,1H2/b8-2-,9-3+,10-4-,11-5+,12-6?. The maximum Gasteiger partial charge on any atom is -0.00188 e. The number of hydrogen-bond acceptors (Lipinski definition) is 0. The van der Waals surface area contributed by atoms with Gasteiger partial charge in [0.05, 0.1) is 0 Å². The fourth-order valence-corrected chi connectivity index (χ4v) is 4.03. The Balaban J connectivity index is 4.57. The highest BCUT2D eigenvalue weighted by atomic mass is 79.9. The minimum atomic E-state index is 0.952. The van der Waals surface area contributed by atoms with Crippen molar-refractivity contribution in [2.24, 2.45) is 0 Å². The Labute approximate surface area is 141 Å². The van der Waals surface area contributed by atoms with Crippen molar-refractivity contribution in [1.29, 1.82) is 0 Å². The van der Waals surface area contributed by atoms with Crippen molar-refractivity contribution in [1.82, 2.24) is 0 Å². The first-order valence-corrected chi connectivity index (χ1v) is 8.97. The molecule has 0 amide bonds. The van der Waals surface area contributed by atoms with Crippen molar-refractivity contribution in [3.8, 4) is 0 Å². The van der Waals surface area contributed by atoms with E-state index in [0.717, 1.165) is 31.3 Å². The summed E-state index contributed by atoms with van der Waals surface area (Å²) < 4.78 is 0. The molecular formula is C12H7Br5. The van der Waals surface area contributed by atoms with Crippen molar-refractivity contribution in [3.63, 3.8) is 0 Å². The number of halogens is 5. The molecule has 5 heteroatoms. The normalized spacial score (nSPS) is 17.4. The highest BCUT2D eigenvalue weighted by Crippen LogP contribution is 1.80. The van der Waals surface area contributed by atoms with Crippen LogP contribution in [0.15, 0.2) is 0 Å². The topological polar surface area (TPSA) is 0 Å². The van der Waals surface area contributed by atoms with Crippen LogP contribution in [0, 0.1) is 0 Å². The lowest BCUT2D eigenvalue weighted by Gasteiger charge is -1.97. The Bertz CT molecular complexity index is 700. The van der Waals surface area contributed by atoms with Crippen molar-refractivity contribution >= 4 is 111 Å². The van der Waals surface area contributed by atoms with Gasteiger partial charge in [-0.1, -0.05) is 86.2 Å². The summed E-state index contributed by atoms with van der Waals surface area (Å²) in [4.78, 5) is 9.42. The van der Waals surface area contributed by atoms with E-state index in [9.17, 15) is 0 Å². The fraction of sp³-hybridized carbons (Fsp3) is 0. The summed E-state index contributed by atoms with van der Waals surface area (Å²) in [5, 5.41) is 6.23. The van der Waals surface area contributed by atoms with Crippen LogP contribution in [-0.2, 0) is 0 Å². The Kier molecular flexibility index (Phi) is 6.95. The van der Waals surface area contributed by atoms with Gasteiger partial charge in [-0.05, 0) is 56.2 Å². The van der Waals surface area contributed by atoms with Crippen LogP contribution in [0.1, 0.15) is 0 Å². The summed E-state index contributed by atoms with van der Waals surface area (Å²) in [6.45, 7) is 4.12. The average Bonchev–Trinajstić information content (AvgIpc) is 2.36. The Morgan fingerprint density at radius 3 is 1.00 bits per heavy atom. The number of benzene rings is 1. The average molecular weight is 551 g/mol. The number of rotatable bonds is 0. The van der Waals surface area contributed by atoms with Crippen LogP contribution in [0.3, 0.4) is 0 Å². The van der Waals surface area contributed by atoms with Crippen LogP contribution in [0.5, 0.6) is 0 Å². The minimum Gasteiger partial charge on any atom is -0.0905 e. The molecule has 0 aliphatic rings. The molecule has 0 spiro atoms. The molecule has 0 nitrogen and oxygen atoms in total. The third-order valence-electron chi connectivity index (χ3n) is 2.36. The van der Waals surface area contributed by atoms with Gasteiger partial charge in [0.25, 0.3) is 0 Å². The third kappa shape index (κ3) is 3.06. The van der Waals surface area contributed by atoms with E-state index < -0.39 is 0 Å². The largest absolute Gasteiger partial charge is 0.0905 e. The zero-order valence-corrected chi connectivity index (χ0v) is 16.4. The SMILES string of the molecule is C=c1c(=C/Br)/c(=C/Br)c(=CBr)c(=C/Br)/c1=C/Br. The van der Waals surface area contributed by atoms with Crippen molar-refractivity contribution in [3.05, 3.63) is 31.3 Å². The summed E-state index contributed by atoms with van der Waals surface area (Å²) in [6.07, 6.45) is 0. The summed E-state index contributed by atoms with van der Waals surface area (Å²) >= 11 is 17.0. The van der Waals surface area contributed by atoms with Crippen molar-refractivity contribution in [2.45, 2.75) is 0 Å². The van der Waals surface area contributed by atoms with Crippen LogP contribution >= 0.6 is 79.6 Å². The van der Waals surface area contributed by atoms with E-state index in [2.05, 4.69) is 86.2 Å². The van der Waals surface area contributed by atoms with Crippen LogP contribution < -0.4 is 31.3 Å². The molecule has 0 aliphatic carbocycles. The molecule has 0 heterocycles. The van der Waals surface area contributed by atoms with E-state index in [1.807, 2.05) is 24.9 Å². The van der Waals surface area contributed by atoms with Gasteiger partial charge >= 0.3 is 0 Å². The molecule has 1 rings (SSSR count). The lowest BCUT2D eigenvalue weighted by atomic mass is 10.1. The van der Waals surface area contributed by atoms with Crippen LogP contribution in [0.2, 0.25) is 0 Å². The maximum atomic E-state index is 4.12. The van der Waals surface area contributed by atoms with Crippen molar-refractivity contribution in [2.75, 3.05) is 0 Å². The van der Waals surface area contributed by atoms with Crippen LogP contribution in [-0.4, -0.2) is 0 Å². The molecular weight excluding hydrogens is 544 g/mol. The molecule has 1 aromatic carbocycles. The molecule has 0 saturated heterocycles. The Hall–Kier alpha value is 0.840. The monoisotopic (exact) mass is 546 g/mol. The van der Waals surface area contributed by atoms with Gasteiger partial charge in [0.1, 0.15) is 0 Å². The molecule has 0 radical (unpaired) electrons. The second kappa shape index (κ2) is 7.43. The van der Waals surface area contributed by atoms with Gasteiger partial charge in [0.15, 0.2) is 0 Å². The lowest BCUT2D eigenvalue weighted by Crippen LogP contribution is -2.64. The molecule has 1 aromatic rings. The summed E-state index contributed by atoms with van der Waals surface area (Å²) in [7, 11) is 0. The van der Waals surface area contributed by atoms with Gasteiger partial charge < -0.3 is 0 Å². The van der Waals surface area contributed by atoms with Crippen LogP contribution in [0.4, 0.5) is 0 Å². The molecule has 0 atom stereocenters. The third-order valence-corrected chi connectivity index (χ3v) is 4.65. The second-order valence-corrected chi connectivity index (χ2v) is 5.38. The van der Waals surface area contributed by atoms with E-state index in [-0.39, 0.29) is 0 Å². The number of hydrogen-bond donors (Lipinski definition) is 0. The fourth-order valence-electron chi connectivity index (χ4n) is 1.51. The Morgan fingerprint density at radius 1 is 0.529 bits per heavy atom. The molecule has 0 bridgehead atoms. The zero-order valence-electron chi connectivity index (χ0n) is 8.48. The highest BCUT2D eigenvalue weighted by molar-refractivity contribution is 9.14. The van der Waals surface area contributed by atoms with Crippen LogP contribution in [0.25, 0.3) is 31.5 Å². The van der Waals surface area contributed by atoms with Gasteiger partial charge in [-0.15, -0.1) is 0 Å². The van der Waals surface area contributed by atoms with Gasteiger partial charge in [0.2, 0.25) is 0 Å². The van der Waals surface area contributed by atoms with Crippen molar-refractivity contribution < 1.29 is 0 Å². The highest BCUT2D eigenvalue weighted by Gasteiger charge is 1.96. The molecule has 0 aliphatic heterocycles. The second-order valence-electron chi connectivity index (χ2n) is 3.09. The maximum absolute atomic E-state index is 4.12. The molecule has 0 N–H and O–H groups in total. The summed E-state index contributed by atoms with van der Waals surface area (Å²) in [6, 6.07) is 0. The van der Waals surface area contributed by atoms with Gasteiger partial charge in [-0.2, -0.15) is 0 Å². The van der Waals surface area contributed by atoms with E-state index in [1.165, 1.54) is 0 Å². The predicted molar refractivity (Wildman–Crippen MR) is 96.7 cm³/mol. The quantitative estimate of drug-likeness (QED) is 0.462. The zero-order chi connectivity index (χ0) is 13.0. The smallest absolute Gasteiger partial charge is 0.00188 e. The molecule has 17 heavy (non-hydrogen) atoms. The summed E-state index contributed by atoms with van der Waals surface area (Å²) in [5.41, 5.74) is 0. The van der Waals surface area contributed by atoms with E-state index in [1.54, 1.807) is 0 Å². The Morgan fingerprint density at radius 2 is 0.765 bits per heavy atom. The first-order valence-electron chi connectivity index (χ1n) is 4.39. The van der Waals surface area contributed by atoms with E-state index >= 15 is 0 Å². The van der Waals surface area contributed by atoms with Gasteiger partial charge in [0, 0.05) is 0 Å². The first kappa shape index (κ1) is 15.9. The first-order chi connectivity index (χ1) is 8.15. The molecule has 0 fully saturated rings. The molecule has 90 valence electrons. The molecule has 0 saturated carbocycles. The molecule has 0 aromatic heterocycles. The molecule has 0 unspecified atom stereocenters. The van der Waals surface area contributed by atoms with Gasteiger partial charge in [-0.3, -0.25) is 0 Å². The lowest BCUT2D eigenvalue weighted by molar-refractivity contribution is 1.33. The van der Waals surface area contributed by atoms with E-state index in [0.29, 0.717) is 0 Å². The minimum absolute atomic E-state index is 0.952. The summed E-state index contributed by atoms with van der Waals surface area (Å²) in [5.74, 6) is 0. The van der Waals surface area contributed by atoms with Gasteiger partial charge in [-0.25, -0.2) is 0 Å². The van der Waals surface area contributed by atoms with E-state index in [4.69, 9.17) is 0 Å².